The highest BCUT2D eigenvalue weighted by Crippen LogP contribution is 2.41. The van der Waals surface area contributed by atoms with Crippen LogP contribution in [0.15, 0.2) is 18.2 Å². The lowest BCUT2D eigenvalue weighted by Gasteiger charge is -2.36. The van der Waals surface area contributed by atoms with Gasteiger partial charge in [-0.05, 0) is 30.5 Å². The van der Waals surface area contributed by atoms with E-state index in [0.29, 0.717) is 43.1 Å². The van der Waals surface area contributed by atoms with Crippen molar-refractivity contribution >= 4 is 0 Å². The van der Waals surface area contributed by atoms with Gasteiger partial charge in [0.15, 0.2) is 11.5 Å². The first kappa shape index (κ1) is 12.8. The molecule has 1 atom stereocenters. The number of fused-ring (bicyclic) bond motifs is 1. The summed E-state index contributed by atoms with van der Waals surface area (Å²) in [6.07, 6.45) is 3.53. The molecule has 1 aromatic rings. The maximum atomic E-state index is 10.6. The van der Waals surface area contributed by atoms with Crippen molar-refractivity contribution in [2.75, 3.05) is 13.2 Å². The van der Waals surface area contributed by atoms with Gasteiger partial charge >= 0.3 is 0 Å². The minimum atomic E-state index is -0.998. The first-order valence-electron chi connectivity index (χ1n) is 6.99. The maximum Gasteiger partial charge on any atom is 0.161 e. The van der Waals surface area contributed by atoms with E-state index in [0.717, 1.165) is 19.3 Å². The molecule has 1 unspecified atom stereocenters. The Morgan fingerprint density at radius 3 is 2.42 bits per heavy atom. The lowest BCUT2D eigenvalue weighted by Crippen LogP contribution is -2.38. The highest BCUT2D eigenvalue weighted by atomic mass is 16.6. The Hall–Kier alpha value is -1.26. The smallest absolute Gasteiger partial charge is 0.161 e. The second kappa shape index (κ2) is 5.02. The minimum Gasteiger partial charge on any atom is -0.486 e. The van der Waals surface area contributed by atoms with Crippen molar-refractivity contribution in [1.82, 2.24) is 0 Å². The lowest BCUT2D eigenvalue weighted by molar-refractivity contribution is -0.0992. The van der Waals surface area contributed by atoms with Crippen LogP contribution in [-0.2, 0) is 0 Å². The molecule has 0 radical (unpaired) electrons. The van der Waals surface area contributed by atoms with E-state index in [2.05, 4.69) is 0 Å². The Labute approximate surface area is 113 Å². The van der Waals surface area contributed by atoms with Crippen LogP contribution in [0.2, 0.25) is 0 Å². The van der Waals surface area contributed by atoms with Crippen molar-refractivity contribution in [1.29, 1.82) is 0 Å². The monoisotopic (exact) mass is 264 g/mol. The quantitative estimate of drug-likeness (QED) is 0.859. The van der Waals surface area contributed by atoms with Crippen LogP contribution in [0, 0.1) is 0 Å². The fraction of sp³-hybridized carbons (Fsp3) is 0.600. The van der Waals surface area contributed by atoms with Gasteiger partial charge in [0.05, 0.1) is 5.60 Å². The van der Waals surface area contributed by atoms with Gasteiger partial charge in [0.2, 0.25) is 0 Å². The molecule has 1 aromatic carbocycles. The number of rotatable bonds is 2. The third-order valence-corrected chi connectivity index (χ3v) is 4.11. The second-order valence-electron chi connectivity index (χ2n) is 5.47. The molecule has 0 aromatic heterocycles. The van der Waals surface area contributed by atoms with Crippen molar-refractivity contribution in [2.24, 2.45) is 0 Å². The summed E-state index contributed by atoms with van der Waals surface area (Å²) in [5.74, 6) is 1.36. The van der Waals surface area contributed by atoms with Crippen LogP contribution in [0.1, 0.15) is 43.8 Å². The number of benzene rings is 1. The van der Waals surface area contributed by atoms with Gasteiger partial charge in [0.25, 0.3) is 0 Å². The molecule has 0 bridgehead atoms. The van der Waals surface area contributed by atoms with E-state index >= 15 is 0 Å². The average Bonchev–Trinajstić information content (AvgIpc) is 2.47. The van der Waals surface area contributed by atoms with Crippen molar-refractivity contribution in [3.05, 3.63) is 23.8 Å². The maximum absolute atomic E-state index is 10.6. The summed E-state index contributed by atoms with van der Waals surface area (Å²) in [6, 6.07) is 5.40. The molecule has 0 amide bonds. The second-order valence-corrected chi connectivity index (χ2v) is 5.47. The summed E-state index contributed by atoms with van der Waals surface area (Å²) in [6.45, 7) is 1.08. The zero-order valence-corrected chi connectivity index (χ0v) is 11.0. The number of aliphatic hydroxyl groups is 2. The van der Waals surface area contributed by atoms with E-state index in [-0.39, 0.29) is 0 Å². The van der Waals surface area contributed by atoms with Gasteiger partial charge in [-0.3, -0.25) is 0 Å². The fourth-order valence-electron chi connectivity index (χ4n) is 2.98. The molecule has 104 valence electrons. The number of hydrogen-bond acceptors (Lipinski definition) is 4. The molecule has 1 aliphatic carbocycles. The minimum absolute atomic E-state index is 0.525. The number of ether oxygens (including phenoxy) is 2. The van der Waals surface area contributed by atoms with Gasteiger partial charge in [-0.15, -0.1) is 0 Å². The molecule has 1 fully saturated rings. The summed E-state index contributed by atoms with van der Waals surface area (Å²) in [5.41, 5.74) is -0.296. The normalized spacial score (nSPS) is 22.8. The van der Waals surface area contributed by atoms with Crippen molar-refractivity contribution in [3.8, 4) is 11.5 Å². The first-order chi connectivity index (χ1) is 9.19. The van der Waals surface area contributed by atoms with E-state index in [1.807, 2.05) is 6.07 Å². The van der Waals surface area contributed by atoms with Gasteiger partial charge in [-0.2, -0.15) is 0 Å². The Bertz CT molecular complexity index is 451. The standard InChI is InChI=1S/C15H20O4/c16-14(15(17)6-2-1-3-7-15)11-4-5-12-13(10-11)19-9-8-18-12/h4-5,10,14,16-17H,1-3,6-9H2. The number of hydrogen-bond donors (Lipinski definition) is 2. The summed E-state index contributed by atoms with van der Waals surface area (Å²) >= 11 is 0. The van der Waals surface area contributed by atoms with E-state index in [1.54, 1.807) is 12.1 Å². The highest BCUT2D eigenvalue weighted by Gasteiger charge is 2.38. The Morgan fingerprint density at radius 2 is 1.68 bits per heavy atom. The molecule has 1 aliphatic heterocycles. The van der Waals surface area contributed by atoms with Crippen molar-refractivity contribution < 1.29 is 19.7 Å². The van der Waals surface area contributed by atoms with Crippen LogP contribution in [-0.4, -0.2) is 29.0 Å². The highest BCUT2D eigenvalue weighted by molar-refractivity contribution is 5.44. The molecule has 2 N–H and O–H groups in total. The van der Waals surface area contributed by atoms with Gasteiger partial charge in [-0.25, -0.2) is 0 Å². The molecule has 4 heteroatoms. The van der Waals surface area contributed by atoms with Crippen molar-refractivity contribution in [2.45, 2.75) is 43.8 Å². The molecule has 1 saturated carbocycles. The summed E-state index contributed by atoms with van der Waals surface area (Å²) in [4.78, 5) is 0. The van der Waals surface area contributed by atoms with Gasteiger partial charge in [-0.1, -0.05) is 25.3 Å². The molecule has 0 saturated heterocycles. The molecule has 3 rings (SSSR count). The van der Waals surface area contributed by atoms with Crippen LogP contribution < -0.4 is 9.47 Å². The first-order valence-corrected chi connectivity index (χ1v) is 6.99. The van der Waals surface area contributed by atoms with Crippen LogP contribution >= 0.6 is 0 Å². The van der Waals surface area contributed by atoms with Crippen LogP contribution in [0.25, 0.3) is 0 Å². The molecular formula is C15H20O4. The van der Waals surface area contributed by atoms with E-state index in [1.165, 1.54) is 0 Å². The van der Waals surface area contributed by atoms with Gasteiger partial charge in [0, 0.05) is 0 Å². The van der Waals surface area contributed by atoms with Gasteiger partial charge < -0.3 is 19.7 Å². The van der Waals surface area contributed by atoms with E-state index in [9.17, 15) is 10.2 Å². The molecule has 19 heavy (non-hydrogen) atoms. The van der Waals surface area contributed by atoms with Crippen LogP contribution in [0.5, 0.6) is 11.5 Å². The summed E-state index contributed by atoms with van der Waals surface area (Å²) < 4.78 is 11.0. The van der Waals surface area contributed by atoms with Crippen LogP contribution in [0.3, 0.4) is 0 Å². The Balaban J connectivity index is 1.84. The topological polar surface area (TPSA) is 58.9 Å². The zero-order valence-electron chi connectivity index (χ0n) is 11.0. The van der Waals surface area contributed by atoms with Crippen LogP contribution in [0.4, 0.5) is 0 Å². The third-order valence-electron chi connectivity index (χ3n) is 4.11. The SMILES string of the molecule is OC(c1ccc2c(c1)OCCO2)C1(O)CCCCC1. The molecule has 4 nitrogen and oxygen atoms in total. The lowest BCUT2D eigenvalue weighted by atomic mass is 9.78. The van der Waals surface area contributed by atoms with Crippen molar-refractivity contribution in [3.63, 3.8) is 0 Å². The Kier molecular flexibility index (Phi) is 3.37. The van der Waals surface area contributed by atoms with E-state index in [4.69, 9.17) is 9.47 Å². The fourth-order valence-corrected chi connectivity index (χ4v) is 2.98. The van der Waals surface area contributed by atoms with E-state index < -0.39 is 11.7 Å². The Morgan fingerprint density at radius 1 is 1.00 bits per heavy atom. The average molecular weight is 264 g/mol. The van der Waals surface area contributed by atoms with Gasteiger partial charge in [0.1, 0.15) is 19.3 Å². The predicted molar refractivity (Wildman–Crippen MR) is 70.4 cm³/mol. The molecule has 0 spiro atoms. The molecular weight excluding hydrogens is 244 g/mol. The molecule has 1 heterocycles. The third kappa shape index (κ3) is 2.42. The largest absolute Gasteiger partial charge is 0.486 e. The number of aliphatic hydroxyl groups excluding tert-OH is 1. The predicted octanol–water partition coefficient (Wildman–Crippen LogP) is 2.19. The molecule has 2 aliphatic rings. The summed E-state index contributed by atoms with van der Waals surface area (Å²) in [7, 11) is 0. The zero-order chi connectivity index (χ0) is 13.3. The summed E-state index contributed by atoms with van der Waals surface area (Å²) in [5, 5.41) is 21.0.